The lowest BCUT2D eigenvalue weighted by Crippen LogP contribution is -3.00. The van der Waals surface area contributed by atoms with E-state index >= 15 is 0 Å². The van der Waals surface area contributed by atoms with Crippen LogP contribution in [0.3, 0.4) is 0 Å². The largest absolute Gasteiger partial charge is 1.00 e. The van der Waals surface area contributed by atoms with Crippen molar-refractivity contribution in [1.29, 1.82) is 5.39 Å². The standard InChI is InChI=1S/C8H9N2O.ClH/c1-2-11-8-5-3-4-7(6-8)10-9;/h3-6H,2H2,1H3;1H/q+1;/p-1. The van der Waals surface area contributed by atoms with Crippen molar-refractivity contribution < 1.29 is 17.1 Å². The lowest BCUT2D eigenvalue weighted by Gasteiger charge is -1.98. The molecule has 1 aromatic carbocycles. The highest BCUT2D eigenvalue weighted by Gasteiger charge is 2.03. The zero-order valence-corrected chi connectivity index (χ0v) is 7.45. The summed E-state index contributed by atoms with van der Waals surface area (Å²) in [7, 11) is 0. The maximum Gasteiger partial charge on any atom is 0.388 e. The van der Waals surface area contributed by atoms with Crippen LogP contribution >= 0.6 is 0 Å². The van der Waals surface area contributed by atoms with Gasteiger partial charge < -0.3 is 17.1 Å². The van der Waals surface area contributed by atoms with Gasteiger partial charge in [0.2, 0.25) is 5.39 Å². The van der Waals surface area contributed by atoms with Crippen LogP contribution in [0.2, 0.25) is 0 Å². The van der Waals surface area contributed by atoms with Crippen molar-refractivity contribution in [3.05, 3.63) is 29.2 Å². The van der Waals surface area contributed by atoms with E-state index in [-0.39, 0.29) is 12.4 Å². The van der Waals surface area contributed by atoms with Gasteiger partial charge in [0, 0.05) is 6.07 Å². The van der Waals surface area contributed by atoms with E-state index in [0.29, 0.717) is 12.3 Å². The van der Waals surface area contributed by atoms with Crippen LogP contribution in [0.1, 0.15) is 6.92 Å². The Bertz CT molecular complexity index is 283. The predicted molar refractivity (Wildman–Crippen MR) is 42.4 cm³/mol. The van der Waals surface area contributed by atoms with Gasteiger partial charge >= 0.3 is 5.69 Å². The van der Waals surface area contributed by atoms with Gasteiger partial charge in [0.25, 0.3) is 0 Å². The van der Waals surface area contributed by atoms with Crippen molar-refractivity contribution >= 4 is 5.69 Å². The van der Waals surface area contributed by atoms with E-state index in [1.54, 1.807) is 18.2 Å². The number of ether oxygens (including phenoxy) is 1. The molecule has 1 aromatic rings. The average molecular weight is 185 g/mol. The minimum Gasteiger partial charge on any atom is -1.00 e. The van der Waals surface area contributed by atoms with E-state index in [1.807, 2.05) is 13.0 Å². The van der Waals surface area contributed by atoms with Gasteiger partial charge in [-0.3, -0.25) is 0 Å². The van der Waals surface area contributed by atoms with Gasteiger partial charge in [-0.25, -0.2) is 0 Å². The Morgan fingerprint density at radius 2 is 2.25 bits per heavy atom. The van der Waals surface area contributed by atoms with Crippen molar-refractivity contribution in [1.82, 2.24) is 0 Å². The van der Waals surface area contributed by atoms with Crippen LogP contribution in [0.15, 0.2) is 24.3 Å². The van der Waals surface area contributed by atoms with E-state index in [9.17, 15) is 0 Å². The molecule has 0 spiro atoms. The van der Waals surface area contributed by atoms with E-state index in [2.05, 4.69) is 4.98 Å². The molecule has 0 unspecified atom stereocenters. The second-order valence-electron chi connectivity index (χ2n) is 2.03. The molecule has 1 rings (SSSR count). The molecule has 0 radical (unpaired) electrons. The first kappa shape index (κ1) is 10.7. The van der Waals surface area contributed by atoms with Crippen molar-refractivity contribution in [2.45, 2.75) is 6.92 Å². The summed E-state index contributed by atoms with van der Waals surface area (Å²) in [5.74, 6) is 0.725. The maximum absolute atomic E-state index is 8.40. The Morgan fingerprint density at radius 1 is 1.50 bits per heavy atom. The highest BCUT2D eigenvalue weighted by Crippen LogP contribution is 2.19. The maximum atomic E-state index is 8.40. The van der Waals surface area contributed by atoms with Crippen LogP contribution < -0.4 is 17.1 Å². The van der Waals surface area contributed by atoms with Crippen molar-refractivity contribution in [2.75, 3.05) is 6.61 Å². The first-order valence-electron chi connectivity index (χ1n) is 3.44. The van der Waals surface area contributed by atoms with E-state index in [4.69, 9.17) is 10.1 Å². The highest BCUT2D eigenvalue weighted by atomic mass is 35.5. The average Bonchev–Trinajstić information content (AvgIpc) is 2.06. The second kappa shape index (κ2) is 5.39. The summed E-state index contributed by atoms with van der Waals surface area (Å²) in [5.41, 5.74) is 0.510. The highest BCUT2D eigenvalue weighted by molar-refractivity contribution is 5.48. The Labute approximate surface area is 77.4 Å². The zero-order valence-electron chi connectivity index (χ0n) is 6.70. The molecule has 0 N–H and O–H groups in total. The topological polar surface area (TPSA) is 37.4 Å². The molecule has 0 bridgehead atoms. The van der Waals surface area contributed by atoms with Gasteiger partial charge in [-0.15, -0.1) is 0 Å². The molecule has 0 aromatic heterocycles. The first-order valence-corrected chi connectivity index (χ1v) is 3.44. The second-order valence-corrected chi connectivity index (χ2v) is 2.03. The molecule has 3 nitrogen and oxygen atoms in total. The summed E-state index contributed by atoms with van der Waals surface area (Å²) in [6, 6.07) is 6.96. The fraction of sp³-hybridized carbons (Fsp3) is 0.250. The molecule has 0 saturated carbocycles. The normalized spacial score (nSPS) is 8.00. The van der Waals surface area contributed by atoms with E-state index in [0.717, 1.165) is 5.75 Å². The molecule has 0 aliphatic rings. The third-order valence-corrected chi connectivity index (χ3v) is 1.24. The Hall–Kier alpha value is -1.27. The van der Waals surface area contributed by atoms with Crippen LogP contribution in [0, 0.1) is 5.39 Å². The van der Waals surface area contributed by atoms with E-state index in [1.165, 1.54) is 0 Å². The SMILES string of the molecule is CCOc1cccc([N+]#N)c1.[Cl-]. The molecule has 4 heteroatoms. The number of benzene rings is 1. The number of rotatable bonds is 2. The molecular formula is C8H9ClN2O. The number of nitrogens with zero attached hydrogens (tertiary/aromatic N) is 2. The van der Waals surface area contributed by atoms with Crippen molar-refractivity contribution in [3.8, 4) is 5.75 Å². The van der Waals surface area contributed by atoms with Crippen molar-refractivity contribution in [3.63, 3.8) is 0 Å². The van der Waals surface area contributed by atoms with Gasteiger partial charge in [-0.2, -0.15) is 0 Å². The summed E-state index contributed by atoms with van der Waals surface area (Å²) >= 11 is 0. The molecule has 64 valence electrons. The van der Waals surface area contributed by atoms with Gasteiger partial charge in [-0.1, -0.05) is 6.07 Å². The molecule has 0 aliphatic carbocycles. The molecule has 0 aliphatic heterocycles. The molecule has 0 fully saturated rings. The van der Waals surface area contributed by atoms with Crippen LogP contribution in [0.4, 0.5) is 5.69 Å². The van der Waals surface area contributed by atoms with Gasteiger partial charge in [0.15, 0.2) is 4.98 Å². The predicted octanol–water partition coefficient (Wildman–Crippen LogP) is -0.426. The molecule has 0 heterocycles. The monoisotopic (exact) mass is 184 g/mol. The minimum absolute atomic E-state index is 0. The Balaban J connectivity index is 0.00000121. The minimum atomic E-state index is 0. The molecule has 0 atom stereocenters. The van der Waals surface area contributed by atoms with Gasteiger partial charge in [0.05, 0.1) is 12.7 Å². The fourth-order valence-corrected chi connectivity index (χ4v) is 0.802. The summed E-state index contributed by atoms with van der Waals surface area (Å²) in [6.45, 7) is 2.53. The number of diazo groups is 1. The van der Waals surface area contributed by atoms with Crippen LogP contribution in [0.25, 0.3) is 4.98 Å². The molecule has 12 heavy (non-hydrogen) atoms. The summed E-state index contributed by atoms with van der Waals surface area (Å²) < 4.78 is 5.18. The molecular weight excluding hydrogens is 176 g/mol. The van der Waals surface area contributed by atoms with Gasteiger partial charge in [-0.05, 0) is 13.0 Å². The van der Waals surface area contributed by atoms with E-state index < -0.39 is 0 Å². The molecule has 0 saturated heterocycles. The number of hydrogen-bond donors (Lipinski definition) is 0. The first-order chi connectivity index (χ1) is 5.36. The quantitative estimate of drug-likeness (QED) is 0.586. The summed E-state index contributed by atoms with van der Waals surface area (Å²) in [4.78, 5) is 3.03. The van der Waals surface area contributed by atoms with Crippen LogP contribution in [-0.4, -0.2) is 6.61 Å². The van der Waals surface area contributed by atoms with Crippen LogP contribution in [0.5, 0.6) is 5.75 Å². The fourth-order valence-electron chi connectivity index (χ4n) is 0.802. The lowest BCUT2D eigenvalue weighted by molar-refractivity contribution is -0.00000310. The third-order valence-electron chi connectivity index (χ3n) is 1.24. The number of halogens is 1. The summed E-state index contributed by atoms with van der Waals surface area (Å²) in [5, 5.41) is 8.40. The zero-order chi connectivity index (χ0) is 8.10. The summed E-state index contributed by atoms with van der Waals surface area (Å²) in [6.07, 6.45) is 0. The molecule has 0 amide bonds. The Morgan fingerprint density at radius 3 is 2.83 bits per heavy atom. The smallest absolute Gasteiger partial charge is 0.388 e. The third kappa shape index (κ3) is 2.77. The number of hydrogen-bond acceptors (Lipinski definition) is 2. The van der Waals surface area contributed by atoms with Gasteiger partial charge in [0.1, 0.15) is 5.75 Å². The lowest BCUT2D eigenvalue weighted by atomic mass is 10.3. The van der Waals surface area contributed by atoms with Crippen molar-refractivity contribution in [2.24, 2.45) is 0 Å². The van der Waals surface area contributed by atoms with Crippen LogP contribution in [-0.2, 0) is 0 Å². The Kier molecular flexibility index (Phi) is 4.82.